The van der Waals surface area contributed by atoms with Gasteiger partial charge in [-0.1, -0.05) is 0 Å². The Hall–Kier alpha value is -3.31. The Kier molecular flexibility index (Phi) is 7.08. The third kappa shape index (κ3) is 5.26. The first kappa shape index (κ1) is 25.3. The van der Waals surface area contributed by atoms with Gasteiger partial charge in [-0.15, -0.1) is 0 Å². The van der Waals surface area contributed by atoms with Crippen molar-refractivity contribution in [3.8, 4) is 11.5 Å². The minimum Gasteiger partial charge on any atom is -0.493 e. The van der Waals surface area contributed by atoms with Gasteiger partial charge >= 0.3 is 18.4 Å². The molecule has 1 unspecified atom stereocenters. The minimum absolute atomic E-state index is 0.0446. The lowest BCUT2D eigenvalue weighted by molar-refractivity contribution is -0.143. The highest BCUT2D eigenvalue weighted by molar-refractivity contribution is 5.71. The number of benzene rings is 2. The number of alkyl halides is 6. The Morgan fingerprint density at radius 2 is 1.50 bits per heavy atom. The number of anilines is 1. The molecule has 1 atom stereocenters. The maximum Gasteiger partial charge on any atom is 0.416 e. The van der Waals surface area contributed by atoms with Crippen molar-refractivity contribution in [1.82, 2.24) is 4.90 Å². The number of carbonyl (C=O) groups is 1. The fourth-order valence-corrected chi connectivity index (χ4v) is 3.87. The van der Waals surface area contributed by atoms with Crippen LogP contribution in [0, 0.1) is 0 Å². The topological polar surface area (TPSA) is 60.0 Å². The SMILES string of the molecule is COC(=O)N(Cc1cc(C(F)(F)F)cc(C(F)(F)F)c1)C1CCNc2cc(OC)c(OC)cc21. The fourth-order valence-electron chi connectivity index (χ4n) is 3.87. The molecule has 0 radical (unpaired) electrons. The van der Waals surface area contributed by atoms with Crippen molar-refractivity contribution >= 4 is 11.8 Å². The molecule has 2 aromatic rings. The van der Waals surface area contributed by atoms with E-state index in [4.69, 9.17) is 14.2 Å². The third-order valence-electron chi connectivity index (χ3n) is 5.43. The van der Waals surface area contributed by atoms with Crippen molar-refractivity contribution in [3.63, 3.8) is 0 Å². The van der Waals surface area contributed by atoms with Crippen LogP contribution in [0.3, 0.4) is 0 Å². The number of nitrogens with zero attached hydrogens (tertiary/aromatic N) is 1. The van der Waals surface area contributed by atoms with Gasteiger partial charge in [0.2, 0.25) is 0 Å². The molecular formula is C22H22F6N2O4. The van der Waals surface area contributed by atoms with Crippen LogP contribution in [0.5, 0.6) is 11.5 Å². The zero-order chi connectivity index (χ0) is 25.3. The summed E-state index contributed by atoms with van der Waals surface area (Å²) in [6.07, 6.45) is -10.6. The van der Waals surface area contributed by atoms with Crippen LogP contribution < -0.4 is 14.8 Å². The lowest BCUT2D eigenvalue weighted by Crippen LogP contribution is -2.37. The predicted octanol–water partition coefficient (Wildman–Crippen LogP) is 5.87. The van der Waals surface area contributed by atoms with Gasteiger partial charge in [0.1, 0.15) is 0 Å². The van der Waals surface area contributed by atoms with Crippen molar-refractivity contribution < 1.29 is 45.3 Å². The molecule has 12 heteroatoms. The molecule has 0 saturated carbocycles. The molecule has 0 spiro atoms. The van der Waals surface area contributed by atoms with E-state index in [9.17, 15) is 31.1 Å². The molecule has 0 aliphatic carbocycles. The van der Waals surface area contributed by atoms with Gasteiger partial charge in [-0.05, 0) is 36.2 Å². The van der Waals surface area contributed by atoms with Crippen LogP contribution in [0.25, 0.3) is 0 Å². The quantitative estimate of drug-likeness (QED) is 0.530. The highest BCUT2D eigenvalue weighted by atomic mass is 19.4. The summed E-state index contributed by atoms with van der Waals surface area (Å²) >= 11 is 0. The molecule has 1 aliphatic rings. The first-order chi connectivity index (χ1) is 15.9. The second kappa shape index (κ2) is 9.51. The van der Waals surface area contributed by atoms with Gasteiger partial charge < -0.3 is 19.5 Å². The van der Waals surface area contributed by atoms with E-state index in [1.807, 2.05) is 0 Å². The largest absolute Gasteiger partial charge is 0.493 e. The number of hydrogen-bond donors (Lipinski definition) is 1. The zero-order valence-corrected chi connectivity index (χ0v) is 18.4. The Morgan fingerprint density at radius 1 is 0.941 bits per heavy atom. The van der Waals surface area contributed by atoms with E-state index in [-0.39, 0.29) is 11.6 Å². The second-order valence-corrected chi connectivity index (χ2v) is 7.54. The van der Waals surface area contributed by atoms with Crippen molar-refractivity contribution in [3.05, 3.63) is 52.6 Å². The molecule has 186 valence electrons. The van der Waals surface area contributed by atoms with Gasteiger partial charge in [-0.2, -0.15) is 26.3 Å². The van der Waals surface area contributed by atoms with Gasteiger partial charge in [0.25, 0.3) is 0 Å². The van der Waals surface area contributed by atoms with Crippen molar-refractivity contribution in [2.45, 2.75) is 31.4 Å². The molecule has 2 aromatic carbocycles. The normalized spacial score (nSPS) is 15.7. The minimum atomic E-state index is -5.00. The summed E-state index contributed by atoms with van der Waals surface area (Å²) in [5, 5.41) is 3.14. The number of nitrogens with one attached hydrogen (secondary N) is 1. The molecule has 0 saturated heterocycles. The molecule has 1 N–H and O–H groups in total. The Labute approximate surface area is 191 Å². The summed E-state index contributed by atoms with van der Waals surface area (Å²) in [7, 11) is 3.94. The summed E-state index contributed by atoms with van der Waals surface area (Å²) in [4.78, 5) is 13.7. The number of ether oxygens (including phenoxy) is 3. The molecule has 1 aliphatic heterocycles. The standard InChI is InChI=1S/C22H22F6N2O4/c1-32-18-9-15-16(10-19(18)33-2)29-5-4-17(15)30(20(31)34-3)11-12-6-13(21(23,24)25)8-14(7-12)22(26,27)28/h6-10,17,29H,4-5,11H2,1-3H3. The average Bonchev–Trinajstić information content (AvgIpc) is 2.79. The zero-order valence-electron chi connectivity index (χ0n) is 18.4. The monoisotopic (exact) mass is 492 g/mol. The lowest BCUT2D eigenvalue weighted by atomic mass is 9.95. The van der Waals surface area contributed by atoms with Crippen LogP contribution in [0.1, 0.15) is 34.7 Å². The van der Waals surface area contributed by atoms with E-state index in [1.165, 1.54) is 14.2 Å². The Balaban J connectivity index is 2.08. The van der Waals surface area contributed by atoms with Crippen molar-refractivity contribution in [2.24, 2.45) is 0 Å². The number of rotatable bonds is 5. The van der Waals surface area contributed by atoms with Crippen LogP contribution in [0.2, 0.25) is 0 Å². The molecular weight excluding hydrogens is 470 g/mol. The number of methoxy groups -OCH3 is 3. The predicted molar refractivity (Wildman–Crippen MR) is 110 cm³/mol. The highest BCUT2D eigenvalue weighted by Gasteiger charge is 2.38. The summed E-state index contributed by atoms with van der Waals surface area (Å²) in [5.74, 6) is 0.755. The maximum absolute atomic E-state index is 13.3. The van der Waals surface area contributed by atoms with Gasteiger partial charge in [-0.3, -0.25) is 4.90 Å². The first-order valence-electron chi connectivity index (χ1n) is 10.0. The number of fused-ring (bicyclic) bond motifs is 1. The number of amides is 1. The van der Waals surface area contributed by atoms with Crippen molar-refractivity contribution in [1.29, 1.82) is 0 Å². The first-order valence-corrected chi connectivity index (χ1v) is 10.0. The molecule has 6 nitrogen and oxygen atoms in total. The number of carbonyl (C=O) groups excluding carboxylic acids is 1. The smallest absolute Gasteiger partial charge is 0.416 e. The van der Waals surface area contributed by atoms with Crippen LogP contribution in [-0.4, -0.2) is 38.9 Å². The molecule has 0 bridgehead atoms. The number of halogens is 6. The molecule has 0 fully saturated rings. The Morgan fingerprint density at radius 3 is 2.00 bits per heavy atom. The van der Waals surface area contributed by atoms with Gasteiger partial charge in [0, 0.05) is 30.4 Å². The van der Waals surface area contributed by atoms with E-state index < -0.39 is 42.2 Å². The fraction of sp³-hybridized carbons (Fsp3) is 0.409. The third-order valence-corrected chi connectivity index (χ3v) is 5.43. The Bertz CT molecular complexity index is 1020. The second-order valence-electron chi connectivity index (χ2n) is 7.54. The van der Waals surface area contributed by atoms with E-state index in [0.29, 0.717) is 47.8 Å². The van der Waals surface area contributed by atoms with Crippen LogP contribution in [-0.2, 0) is 23.6 Å². The van der Waals surface area contributed by atoms with E-state index in [0.717, 1.165) is 12.0 Å². The lowest BCUT2D eigenvalue weighted by Gasteiger charge is -2.36. The van der Waals surface area contributed by atoms with Crippen LogP contribution in [0.4, 0.5) is 36.8 Å². The average molecular weight is 492 g/mol. The van der Waals surface area contributed by atoms with E-state index in [2.05, 4.69) is 5.32 Å². The van der Waals surface area contributed by atoms with Crippen LogP contribution >= 0.6 is 0 Å². The highest BCUT2D eigenvalue weighted by Crippen LogP contribution is 2.43. The summed E-state index contributed by atoms with van der Waals surface area (Å²) < 4.78 is 95.2. The van der Waals surface area contributed by atoms with Gasteiger partial charge in [0.05, 0.1) is 38.5 Å². The summed E-state index contributed by atoms with van der Waals surface area (Å²) in [6, 6.07) is 3.77. The number of hydrogen-bond acceptors (Lipinski definition) is 5. The summed E-state index contributed by atoms with van der Waals surface area (Å²) in [6.45, 7) is -0.158. The van der Waals surface area contributed by atoms with Crippen LogP contribution in [0.15, 0.2) is 30.3 Å². The molecule has 1 amide bonds. The van der Waals surface area contributed by atoms with Gasteiger partial charge in [-0.25, -0.2) is 4.79 Å². The molecule has 34 heavy (non-hydrogen) atoms. The van der Waals surface area contributed by atoms with Crippen molar-refractivity contribution in [2.75, 3.05) is 33.2 Å². The van der Waals surface area contributed by atoms with E-state index >= 15 is 0 Å². The molecule has 1 heterocycles. The summed E-state index contributed by atoms with van der Waals surface area (Å²) in [5.41, 5.74) is -2.12. The maximum atomic E-state index is 13.3. The molecule has 0 aromatic heterocycles. The van der Waals surface area contributed by atoms with E-state index in [1.54, 1.807) is 12.1 Å². The van der Waals surface area contributed by atoms with Gasteiger partial charge in [0.15, 0.2) is 11.5 Å². The molecule has 3 rings (SSSR count).